The number of hydrogen-bond donors (Lipinski definition) is 2. The summed E-state index contributed by atoms with van der Waals surface area (Å²) >= 11 is 0. The lowest BCUT2D eigenvalue weighted by Crippen LogP contribution is -2.50. The van der Waals surface area contributed by atoms with Crippen LogP contribution in [0.2, 0.25) is 0 Å². The predicted molar refractivity (Wildman–Crippen MR) is 82.2 cm³/mol. The van der Waals surface area contributed by atoms with Crippen LogP contribution in [-0.2, 0) is 4.74 Å². The molecule has 1 aliphatic rings. The number of nitrogens with two attached hydrogens (primary N) is 1. The molecule has 4 nitrogen and oxygen atoms in total. The molecule has 1 aromatic carbocycles. The Labute approximate surface area is 121 Å². The molecule has 1 heterocycles. The van der Waals surface area contributed by atoms with Crippen molar-refractivity contribution in [2.45, 2.75) is 38.3 Å². The second-order valence-corrected chi connectivity index (χ2v) is 5.58. The molecule has 3 N–H and O–H groups in total. The van der Waals surface area contributed by atoms with E-state index in [1.54, 1.807) is 0 Å². The van der Waals surface area contributed by atoms with E-state index in [-0.39, 0.29) is 17.9 Å². The van der Waals surface area contributed by atoms with E-state index >= 15 is 0 Å². The summed E-state index contributed by atoms with van der Waals surface area (Å²) in [6, 6.07) is 10.5. The number of nitrogens with zero attached hydrogens (tertiary/aromatic N) is 1. The summed E-state index contributed by atoms with van der Waals surface area (Å²) < 4.78 is 5.73. The molecule has 0 aliphatic carbocycles. The van der Waals surface area contributed by atoms with E-state index in [0.717, 1.165) is 31.7 Å². The summed E-state index contributed by atoms with van der Waals surface area (Å²) in [5.41, 5.74) is 6.95. The van der Waals surface area contributed by atoms with Gasteiger partial charge in [0.05, 0.1) is 24.5 Å². The molecule has 1 aromatic rings. The average molecular weight is 275 g/mol. The van der Waals surface area contributed by atoms with E-state index in [1.807, 2.05) is 18.2 Å². The summed E-state index contributed by atoms with van der Waals surface area (Å²) in [6.07, 6.45) is 1.31. The summed E-state index contributed by atoms with van der Waals surface area (Å²) in [7, 11) is 0. The Bertz CT molecular complexity index is 435. The third-order valence-electron chi connectivity index (χ3n) is 4.05. The number of benzene rings is 1. The minimum atomic E-state index is -0.0319. The smallest absolute Gasteiger partial charge is 0.0995 e. The quantitative estimate of drug-likeness (QED) is 0.639. The van der Waals surface area contributed by atoms with Gasteiger partial charge in [0.25, 0.3) is 0 Å². The van der Waals surface area contributed by atoms with E-state index in [0.29, 0.717) is 6.04 Å². The van der Waals surface area contributed by atoms with Crippen LogP contribution < -0.4 is 5.73 Å². The largest absolute Gasteiger partial charge is 0.387 e. The minimum absolute atomic E-state index is 0.0319. The van der Waals surface area contributed by atoms with Crippen LogP contribution in [0.1, 0.15) is 31.7 Å². The fraction of sp³-hybridized carbons (Fsp3) is 0.562. The first-order chi connectivity index (χ1) is 9.61. The normalized spacial score (nSPS) is 25.3. The standard InChI is InChI=1S/C16H25N3O/c1-3-14-11-20-12(2)9-19(14)10-15(16(17)18)13-7-5-4-6-8-13/h4-8,12,14-15H,3,9-11H2,1-2H3,(H3,17,18). The zero-order chi connectivity index (χ0) is 14.5. The highest BCUT2D eigenvalue weighted by Gasteiger charge is 2.28. The first kappa shape index (κ1) is 15.0. The van der Waals surface area contributed by atoms with Crippen LogP contribution in [0.5, 0.6) is 0 Å². The maximum atomic E-state index is 7.90. The number of rotatable bonds is 5. The lowest BCUT2D eigenvalue weighted by molar-refractivity contribution is -0.0560. The molecule has 4 heteroatoms. The Morgan fingerprint density at radius 1 is 1.45 bits per heavy atom. The summed E-state index contributed by atoms with van der Waals surface area (Å²) in [4.78, 5) is 2.42. The van der Waals surface area contributed by atoms with Crippen molar-refractivity contribution in [3.05, 3.63) is 35.9 Å². The van der Waals surface area contributed by atoms with Gasteiger partial charge in [0.1, 0.15) is 0 Å². The number of morpholine rings is 1. The summed E-state index contributed by atoms with van der Waals surface area (Å²) in [6.45, 7) is 6.77. The maximum absolute atomic E-state index is 7.90. The third kappa shape index (κ3) is 3.58. The van der Waals surface area contributed by atoms with Crippen LogP contribution in [0.25, 0.3) is 0 Å². The summed E-state index contributed by atoms with van der Waals surface area (Å²) in [5.74, 6) is 0.209. The molecule has 1 fully saturated rings. The number of nitrogens with one attached hydrogen (secondary N) is 1. The molecule has 3 unspecified atom stereocenters. The first-order valence-corrected chi connectivity index (χ1v) is 7.36. The molecule has 2 rings (SSSR count). The second kappa shape index (κ2) is 6.86. The van der Waals surface area contributed by atoms with Crippen molar-refractivity contribution in [1.29, 1.82) is 5.41 Å². The highest BCUT2D eigenvalue weighted by Crippen LogP contribution is 2.22. The SMILES string of the molecule is CCC1COC(C)CN1CC(C(=N)N)c1ccccc1. The molecule has 0 aromatic heterocycles. The first-order valence-electron chi connectivity index (χ1n) is 7.36. The van der Waals surface area contributed by atoms with Gasteiger partial charge in [-0.1, -0.05) is 37.3 Å². The van der Waals surface area contributed by atoms with Crippen molar-refractivity contribution in [2.24, 2.45) is 5.73 Å². The van der Waals surface area contributed by atoms with Crippen LogP contribution in [-0.4, -0.2) is 42.6 Å². The van der Waals surface area contributed by atoms with E-state index < -0.39 is 0 Å². The molecule has 110 valence electrons. The third-order valence-corrected chi connectivity index (χ3v) is 4.05. The van der Waals surface area contributed by atoms with Crippen LogP contribution in [0.4, 0.5) is 0 Å². The van der Waals surface area contributed by atoms with Crippen molar-refractivity contribution in [3.63, 3.8) is 0 Å². The zero-order valence-corrected chi connectivity index (χ0v) is 12.4. The molecule has 0 bridgehead atoms. The van der Waals surface area contributed by atoms with Gasteiger partial charge in [-0.2, -0.15) is 0 Å². The van der Waals surface area contributed by atoms with Crippen LogP contribution in [0.3, 0.4) is 0 Å². The van der Waals surface area contributed by atoms with Crippen molar-refractivity contribution in [3.8, 4) is 0 Å². The van der Waals surface area contributed by atoms with Crippen molar-refractivity contribution >= 4 is 5.84 Å². The predicted octanol–water partition coefficient (Wildman–Crippen LogP) is 2.21. The van der Waals surface area contributed by atoms with Gasteiger partial charge in [-0.15, -0.1) is 0 Å². The van der Waals surface area contributed by atoms with Gasteiger partial charge in [0.15, 0.2) is 0 Å². The van der Waals surface area contributed by atoms with Gasteiger partial charge in [-0.25, -0.2) is 0 Å². The molecule has 0 spiro atoms. The molecule has 3 atom stereocenters. The lowest BCUT2D eigenvalue weighted by Gasteiger charge is -2.40. The Kier molecular flexibility index (Phi) is 5.15. The van der Waals surface area contributed by atoms with Crippen LogP contribution >= 0.6 is 0 Å². The van der Waals surface area contributed by atoms with Crippen molar-refractivity contribution in [2.75, 3.05) is 19.7 Å². The van der Waals surface area contributed by atoms with Gasteiger partial charge in [-0.05, 0) is 18.9 Å². The van der Waals surface area contributed by atoms with Crippen molar-refractivity contribution < 1.29 is 4.74 Å². The molecular weight excluding hydrogens is 250 g/mol. The molecule has 0 radical (unpaired) electrons. The Morgan fingerprint density at radius 2 is 2.15 bits per heavy atom. The Morgan fingerprint density at radius 3 is 2.75 bits per heavy atom. The molecule has 20 heavy (non-hydrogen) atoms. The monoisotopic (exact) mass is 275 g/mol. The highest BCUT2D eigenvalue weighted by molar-refractivity contribution is 5.84. The molecule has 1 aliphatic heterocycles. The Hall–Kier alpha value is -1.39. The van der Waals surface area contributed by atoms with Gasteiger partial charge in [0, 0.05) is 19.1 Å². The fourth-order valence-electron chi connectivity index (χ4n) is 2.82. The molecule has 0 amide bonds. The molecular formula is C16H25N3O. The Balaban J connectivity index is 2.13. The molecule has 1 saturated heterocycles. The maximum Gasteiger partial charge on any atom is 0.0995 e. The zero-order valence-electron chi connectivity index (χ0n) is 12.4. The summed E-state index contributed by atoms with van der Waals surface area (Å²) in [5, 5.41) is 7.90. The second-order valence-electron chi connectivity index (χ2n) is 5.58. The van der Waals surface area contributed by atoms with Crippen molar-refractivity contribution in [1.82, 2.24) is 4.90 Å². The van der Waals surface area contributed by atoms with E-state index in [2.05, 4.69) is 30.9 Å². The van der Waals surface area contributed by atoms with Crippen LogP contribution in [0, 0.1) is 5.41 Å². The topological polar surface area (TPSA) is 62.3 Å². The lowest BCUT2D eigenvalue weighted by atomic mass is 9.96. The van der Waals surface area contributed by atoms with Gasteiger partial charge in [-0.3, -0.25) is 10.3 Å². The number of amidine groups is 1. The van der Waals surface area contributed by atoms with E-state index in [1.165, 1.54) is 0 Å². The van der Waals surface area contributed by atoms with E-state index in [9.17, 15) is 0 Å². The average Bonchev–Trinajstić information content (AvgIpc) is 2.45. The molecule has 0 saturated carbocycles. The van der Waals surface area contributed by atoms with Crippen LogP contribution in [0.15, 0.2) is 30.3 Å². The number of ether oxygens (including phenoxy) is 1. The number of hydrogen-bond acceptors (Lipinski definition) is 3. The van der Waals surface area contributed by atoms with Gasteiger partial charge < -0.3 is 10.5 Å². The van der Waals surface area contributed by atoms with Gasteiger partial charge >= 0.3 is 0 Å². The highest BCUT2D eigenvalue weighted by atomic mass is 16.5. The van der Waals surface area contributed by atoms with Gasteiger partial charge in [0.2, 0.25) is 0 Å². The fourth-order valence-corrected chi connectivity index (χ4v) is 2.82. The van der Waals surface area contributed by atoms with E-state index in [4.69, 9.17) is 15.9 Å². The minimum Gasteiger partial charge on any atom is -0.387 e.